The van der Waals surface area contributed by atoms with E-state index in [0.717, 1.165) is 49.8 Å². The van der Waals surface area contributed by atoms with Gasteiger partial charge in [-0.2, -0.15) is 0 Å². The van der Waals surface area contributed by atoms with Crippen molar-refractivity contribution in [2.45, 2.75) is 59.4 Å². The molecule has 0 amide bonds. The van der Waals surface area contributed by atoms with Crippen molar-refractivity contribution < 1.29 is 5.11 Å². The first kappa shape index (κ1) is 15.6. The highest BCUT2D eigenvalue weighted by molar-refractivity contribution is 5.71. The number of rotatable bonds is 7. The summed E-state index contributed by atoms with van der Waals surface area (Å²) in [7, 11) is 0. The summed E-state index contributed by atoms with van der Waals surface area (Å²) in [6.45, 7) is 7.33. The standard InChI is InChI=1S/C18H26N2O/c1-4-6-8-16-17(15-11-9-14(3)10-12-15)18(21)19-20(16)13-7-5-2/h9-12H,4-8,13H2,1-3H3,(H,19,21). The van der Waals surface area contributed by atoms with Crippen molar-refractivity contribution >= 4 is 0 Å². The Morgan fingerprint density at radius 2 is 1.71 bits per heavy atom. The first-order valence-corrected chi connectivity index (χ1v) is 8.03. The third-order valence-corrected chi connectivity index (χ3v) is 3.87. The van der Waals surface area contributed by atoms with E-state index in [1.54, 1.807) is 0 Å². The fourth-order valence-electron chi connectivity index (χ4n) is 2.59. The molecule has 0 bridgehead atoms. The van der Waals surface area contributed by atoms with Gasteiger partial charge in [-0.15, -0.1) is 5.10 Å². The van der Waals surface area contributed by atoms with E-state index in [4.69, 9.17) is 0 Å². The molecule has 21 heavy (non-hydrogen) atoms. The van der Waals surface area contributed by atoms with Gasteiger partial charge in [-0.1, -0.05) is 56.5 Å². The number of hydrogen-bond donors (Lipinski definition) is 1. The average Bonchev–Trinajstić information content (AvgIpc) is 2.79. The van der Waals surface area contributed by atoms with E-state index in [9.17, 15) is 5.11 Å². The number of aryl methyl sites for hydroxylation is 2. The summed E-state index contributed by atoms with van der Waals surface area (Å²) in [6.07, 6.45) is 5.46. The molecule has 3 heteroatoms. The molecule has 1 N–H and O–H groups in total. The van der Waals surface area contributed by atoms with Gasteiger partial charge in [-0.3, -0.25) is 4.68 Å². The van der Waals surface area contributed by atoms with Crippen molar-refractivity contribution in [2.75, 3.05) is 0 Å². The SMILES string of the molecule is CCCCc1c(-c2ccc(C)cc2)c(O)nn1CCCC. The summed E-state index contributed by atoms with van der Waals surface area (Å²) in [5, 5.41) is 14.7. The Morgan fingerprint density at radius 3 is 2.33 bits per heavy atom. The number of benzene rings is 1. The van der Waals surface area contributed by atoms with Crippen molar-refractivity contribution in [2.24, 2.45) is 0 Å². The summed E-state index contributed by atoms with van der Waals surface area (Å²) in [5.74, 6) is 0.168. The smallest absolute Gasteiger partial charge is 0.238 e. The van der Waals surface area contributed by atoms with Gasteiger partial charge in [0.15, 0.2) is 0 Å². The Hall–Kier alpha value is -1.77. The van der Waals surface area contributed by atoms with Crippen molar-refractivity contribution in [3.8, 4) is 17.0 Å². The molecular formula is C18H26N2O. The van der Waals surface area contributed by atoms with E-state index in [2.05, 4.69) is 50.1 Å². The molecule has 1 heterocycles. The summed E-state index contributed by atoms with van der Waals surface area (Å²) < 4.78 is 2.00. The largest absolute Gasteiger partial charge is 0.492 e. The summed E-state index contributed by atoms with van der Waals surface area (Å²) in [4.78, 5) is 0. The zero-order valence-corrected chi connectivity index (χ0v) is 13.4. The third kappa shape index (κ3) is 3.66. The minimum absolute atomic E-state index is 0.168. The maximum atomic E-state index is 10.3. The minimum Gasteiger partial charge on any atom is -0.492 e. The molecule has 0 aliphatic heterocycles. The number of unbranched alkanes of at least 4 members (excludes halogenated alkanes) is 2. The van der Waals surface area contributed by atoms with Crippen molar-refractivity contribution in [3.05, 3.63) is 35.5 Å². The van der Waals surface area contributed by atoms with Crippen LogP contribution in [0.25, 0.3) is 11.1 Å². The first-order chi connectivity index (χ1) is 10.2. The molecule has 3 nitrogen and oxygen atoms in total. The lowest BCUT2D eigenvalue weighted by Gasteiger charge is -2.09. The summed E-state index contributed by atoms with van der Waals surface area (Å²) >= 11 is 0. The molecule has 0 aliphatic rings. The normalized spacial score (nSPS) is 11.0. The van der Waals surface area contributed by atoms with E-state index in [1.165, 1.54) is 11.3 Å². The van der Waals surface area contributed by atoms with E-state index < -0.39 is 0 Å². The quantitative estimate of drug-likeness (QED) is 0.800. The van der Waals surface area contributed by atoms with Crippen LogP contribution in [0.5, 0.6) is 5.88 Å². The maximum absolute atomic E-state index is 10.3. The van der Waals surface area contributed by atoms with Gasteiger partial charge in [-0.05, 0) is 31.7 Å². The van der Waals surface area contributed by atoms with E-state index in [0.29, 0.717) is 0 Å². The molecular weight excluding hydrogens is 260 g/mol. The van der Waals surface area contributed by atoms with Crippen LogP contribution in [0.3, 0.4) is 0 Å². The lowest BCUT2D eigenvalue weighted by atomic mass is 10.0. The molecule has 0 aliphatic carbocycles. The van der Waals surface area contributed by atoms with Gasteiger partial charge >= 0.3 is 0 Å². The van der Waals surface area contributed by atoms with Crippen LogP contribution < -0.4 is 0 Å². The molecule has 0 saturated heterocycles. The van der Waals surface area contributed by atoms with Crippen LogP contribution in [0.15, 0.2) is 24.3 Å². The summed E-state index contributed by atoms with van der Waals surface area (Å²) in [6, 6.07) is 8.32. The van der Waals surface area contributed by atoms with Gasteiger partial charge < -0.3 is 5.11 Å². The number of aromatic nitrogens is 2. The van der Waals surface area contributed by atoms with Crippen LogP contribution in [0, 0.1) is 6.92 Å². The maximum Gasteiger partial charge on any atom is 0.238 e. The van der Waals surface area contributed by atoms with Crippen LogP contribution in [0.2, 0.25) is 0 Å². The second-order valence-electron chi connectivity index (χ2n) is 5.69. The molecule has 0 fully saturated rings. The lowest BCUT2D eigenvalue weighted by molar-refractivity contribution is 0.433. The zero-order chi connectivity index (χ0) is 15.2. The lowest BCUT2D eigenvalue weighted by Crippen LogP contribution is -2.05. The Kier molecular flexibility index (Phi) is 5.43. The van der Waals surface area contributed by atoms with Crippen LogP contribution in [0.1, 0.15) is 50.8 Å². The Labute approximate surface area is 127 Å². The third-order valence-electron chi connectivity index (χ3n) is 3.87. The van der Waals surface area contributed by atoms with Gasteiger partial charge in [-0.25, -0.2) is 0 Å². The molecule has 0 atom stereocenters. The molecule has 0 radical (unpaired) electrons. The van der Waals surface area contributed by atoms with Crippen molar-refractivity contribution in [1.29, 1.82) is 0 Å². The number of aromatic hydroxyl groups is 1. The van der Waals surface area contributed by atoms with Crippen molar-refractivity contribution in [1.82, 2.24) is 9.78 Å². The fourth-order valence-corrected chi connectivity index (χ4v) is 2.59. The summed E-state index contributed by atoms with van der Waals surface area (Å²) in [5.41, 5.74) is 4.38. The molecule has 1 aromatic carbocycles. The number of hydrogen-bond acceptors (Lipinski definition) is 2. The molecule has 2 aromatic rings. The van der Waals surface area contributed by atoms with Gasteiger partial charge in [0.2, 0.25) is 5.88 Å². The molecule has 1 aromatic heterocycles. The highest BCUT2D eigenvalue weighted by Gasteiger charge is 2.18. The van der Waals surface area contributed by atoms with Crippen LogP contribution >= 0.6 is 0 Å². The molecule has 0 unspecified atom stereocenters. The van der Waals surface area contributed by atoms with Gasteiger partial charge in [0.1, 0.15) is 0 Å². The highest BCUT2D eigenvalue weighted by atomic mass is 16.3. The Balaban J connectivity index is 2.42. The molecule has 2 rings (SSSR count). The van der Waals surface area contributed by atoms with Crippen molar-refractivity contribution in [3.63, 3.8) is 0 Å². The minimum atomic E-state index is 0.168. The van der Waals surface area contributed by atoms with Crippen LogP contribution in [0.4, 0.5) is 0 Å². The average molecular weight is 286 g/mol. The Bertz CT molecular complexity index is 570. The predicted octanol–water partition coefficient (Wildman–Crippen LogP) is 4.71. The Morgan fingerprint density at radius 1 is 1.05 bits per heavy atom. The molecule has 0 saturated carbocycles. The van der Waals surface area contributed by atoms with Crippen LogP contribution in [-0.4, -0.2) is 14.9 Å². The van der Waals surface area contributed by atoms with Gasteiger partial charge in [0, 0.05) is 6.54 Å². The highest BCUT2D eigenvalue weighted by Crippen LogP contribution is 2.33. The second-order valence-corrected chi connectivity index (χ2v) is 5.69. The number of nitrogens with zero attached hydrogens (tertiary/aromatic N) is 2. The monoisotopic (exact) mass is 286 g/mol. The molecule has 114 valence electrons. The van der Waals surface area contributed by atoms with E-state index >= 15 is 0 Å². The van der Waals surface area contributed by atoms with Gasteiger partial charge in [0.05, 0.1) is 11.3 Å². The second kappa shape index (κ2) is 7.30. The zero-order valence-electron chi connectivity index (χ0n) is 13.4. The topological polar surface area (TPSA) is 38.1 Å². The first-order valence-electron chi connectivity index (χ1n) is 8.03. The van der Waals surface area contributed by atoms with E-state index in [1.807, 2.05) is 4.68 Å². The predicted molar refractivity (Wildman–Crippen MR) is 87.6 cm³/mol. The van der Waals surface area contributed by atoms with Gasteiger partial charge in [0.25, 0.3) is 0 Å². The van der Waals surface area contributed by atoms with Crippen LogP contribution in [-0.2, 0) is 13.0 Å². The van der Waals surface area contributed by atoms with E-state index in [-0.39, 0.29) is 5.88 Å². The molecule has 0 spiro atoms. The fraction of sp³-hybridized carbons (Fsp3) is 0.500.